The Morgan fingerprint density at radius 1 is 0.706 bits per heavy atom. The van der Waals surface area contributed by atoms with E-state index >= 15 is 0 Å². The summed E-state index contributed by atoms with van der Waals surface area (Å²) >= 11 is 3.28. The van der Waals surface area contributed by atoms with Crippen LogP contribution < -0.4 is 5.32 Å². The Bertz CT molecular complexity index is 127. The van der Waals surface area contributed by atoms with Gasteiger partial charge >= 0.3 is 0 Å². The molecule has 0 unspecified atom stereocenters. The Morgan fingerprint density at radius 3 is 1.53 bits per heavy atom. The summed E-state index contributed by atoms with van der Waals surface area (Å²) in [6.45, 7) is 6.04. The van der Waals surface area contributed by atoms with E-state index in [2.05, 4.69) is 21.2 Å². The molecule has 0 aromatic heterocycles. The van der Waals surface area contributed by atoms with Crippen molar-refractivity contribution in [3.05, 3.63) is 0 Å². The van der Waals surface area contributed by atoms with Gasteiger partial charge in [0.1, 0.15) is 0 Å². The largest absolute Gasteiger partial charge is 0.378 e. The lowest BCUT2D eigenvalue weighted by Gasteiger charge is -2.06. The van der Waals surface area contributed by atoms with E-state index in [1.165, 1.54) is 0 Å². The van der Waals surface area contributed by atoms with Crippen LogP contribution in [-0.2, 0) is 18.9 Å². The second-order valence-corrected chi connectivity index (χ2v) is 4.04. The number of likely N-dealkylation sites (N-methyl/N-ethyl adjacent to an activating group) is 1. The summed E-state index contributed by atoms with van der Waals surface area (Å²) in [5, 5.41) is 3.87. The van der Waals surface area contributed by atoms with Gasteiger partial charge in [0, 0.05) is 11.9 Å². The molecule has 0 aromatic carbocycles. The van der Waals surface area contributed by atoms with Gasteiger partial charge in [-0.25, -0.2) is 0 Å². The van der Waals surface area contributed by atoms with E-state index in [4.69, 9.17) is 18.9 Å². The fourth-order valence-electron chi connectivity index (χ4n) is 0.991. The van der Waals surface area contributed by atoms with Crippen molar-refractivity contribution >= 4 is 15.9 Å². The minimum Gasteiger partial charge on any atom is -0.378 e. The highest BCUT2D eigenvalue weighted by molar-refractivity contribution is 9.09. The van der Waals surface area contributed by atoms with E-state index in [9.17, 15) is 0 Å². The summed E-state index contributed by atoms with van der Waals surface area (Å²) in [6.07, 6.45) is 0. The van der Waals surface area contributed by atoms with Crippen molar-refractivity contribution in [2.24, 2.45) is 0 Å². The Kier molecular flexibility index (Phi) is 16.5. The smallest absolute Gasteiger partial charge is 0.0701 e. The first kappa shape index (κ1) is 17.3. The van der Waals surface area contributed by atoms with E-state index in [-0.39, 0.29) is 0 Å². The number of nitrogens with one attached hydrogen (secondary N) is 1. The van der Waals surface area contributed by atoms with Crippen molar-refractivity contribution in [2.45, 2.75) is 0 Å². The molecule has 0 radical (unpaired) electrons. The molecule has 1 N–H and O–H groups in total. The van der Waals surface area contributed by atoms with Gasteiger partial charge in [0.25, 0.3) is 0 Å². The van der Waals surface area contributed by atoms with Crippen LogP contribution in [0.3, 0.4) is 0 Å². The van der Waals surface area contributed by atoms with Crippen LogP contribution in [0.15, 0.2) is 0 Å². The van der Waals surface area contributed by atoms with Crippen LogP contribution in [0.25, 0.3) is 0 Å². The number of ether oxygens (including phenoxy) is 4. The van der Waals surface area contributed by atoms with Crippen LogP contribution in [0, 0.1) is 0 Å². The SMILES string of the molecule is CNCCOCCOCCOCCOCCBr. The maximum absolute atomic E-state index is 5.32. The molecule has 0 fully saturated rings. The molecule has 0 aromatic rings. The van der Waals surface area contributed by atoms with Crippen LogP contribution >= 0.6 is 15.9 Å². The molecule has 5 nitrogen and oxygen atoms in total. The predicted octanol–water partition coefficient (Wildman–Crippen LogP) is 0.667. The minimum atomic E-state index is 0.605. The zero-order chi connectivity index (χ0) is 12.6. The van der Waals surface area contributed by atoms with Crippen LogP contribution in [0.1, 0.15) is 0 Å². The Balaban J connectivity index is 2.85. The highest BCUT2D eigenvalue weighted by atomic mass is 79.9. The van der Waals surface area contributed by atoms with Gasteiger partial charge in [-0.05, 0) is 7.05 Å². The van der Waals surface area contributed by atoms with E-state index in [0.29, 0.717) is 39.6 Å². The molecule has 0 bridgehead atoms. The number of rotatable bonds is 14. The third kappa shape index (κ3) is 16.3. The third-order valence-corrected chi connectivity index (χ3v) is 2.16. The first-order valence-electron chi connectivity index (χ1n) is 5.93. The van der Waals surface area contributed by atoms with Gasteiger partial charge in [-0.3, -0.25) is 0 Å². The van der Waals surface area contributed by atoms with Crippen molar-refractivity contribution in [3.63, 3.8) is 0 Å². The molecule has 0 saturated carbocycles. The van der Waals surface area contributed by atoms with E-state index in [1.807, 2.05) is 7.05 Å². The molecular weight excluding hydrogens is 290 g/mol. The zero-order valence-electron chi connectivity index (χ0n) is 10.6. The van der Waals surface area contributed by atoms with Gasteiger partial charge in [-0.2, -0.15) is 0 Å². The summed E-state index contributed by atoms with van der Waals surface area (Å²) in [5.41, 5.74) is 0. The van der Waals surface area contributed by atoms with Gasteiger partial charge < -0.3 is 24.3 Å². The number of hydrogen-bond acceptors (Lipinski definition) is 5. The molecule has 0 aliphatic carbocycles. The topological polar surface area (TPSA) is 49.0 Å². The lowest BCUT2D eigenvalue weighted by molar-refractivity contribution is 0.000315. The highest BCUT2D eigenvalue weighted by Crippen LogP contribution is 1.84. The van der Waals surface area contributed by atoms with Crippen molar-refractivity contribution in [3.8, 4) is 0 Å². The quantitative estimate of drug-likeness (QED) is 0.377. The summed E-state index contributed by atoms with van der Waals surface area (Å²) in [7, 11) is 1.90. The average molecular weight is 314 g/mol. The van der Waals surface area contributed by atoms with Gasteiger partial charge in [-0.1, -0.05) is 15.9 Å². The zero-order valence-corrected chi connectivity index (χ0v) is 12.2. The number of alkyl halides is 1. The van der Waals surface area contributed by atoms with Crippen LogP contribution in [0.4, 0.5) is 0 Å². The molecule has 0 saturated heterocycles. The van der Waals surface area contributed by atoms with Gasteiger partial charge in [-0.15, -0.1) is 0 Å². The van der Waals surface area contributed by atoms with Crippen molar-refractivity contribution in [1.29, 1.82) is 0 Å². The maximum Gasteiger partial charge on any atom is 0.0701 e. The second-order valence-electron chi connectivity index (χ2n) is 3.24. The monoisotopic (exact) mass is 313 g/mol. The molecular formula is C11H24BrNO4. The van der Waals surface area contributed by atoms with Gasteiger partial charge in [0.05, 0.1) is 52.9 Å². The predicted molar refractivity (Wildman–Crippen MR) is 71.0 cm³/mol. The lowest BCUT2D eigenvalue weighted by Crippen LogP contribution is -2.17. The molecule has 0 spiro atoms. The highest BCUT2D eigenvalue weighted by Gasteiger charge is 1.91. The first-order valence-corrected chi connectivity index (χ1v) is 7.05. The Labute approximate surface area is 112 Å². The van der Waals surface area contributed by atoms with E-state index < -0.39 is 0 Å². The molecule has 17 heavy (non-hydrogen) atoms. The summed E-state index contributed by atoms with van der Waals surface area (Å²) in [4.78, 5) is 0. The average Bonchev–Trinajstić information content (AvgIpc) is 2.35. The molecule has 0 atom stereocenters. The van der Waals surface area contributed by atoms with Crippen LogP contribution in [-0.4, -0.2) is 71.8 Å². The van der Waals surface area contributed by atoms with Crippen molar-refractivity contribution in [1.82, 2.24) is 5.32 Å². The standard InChI is InChI=1S/C11H24BrNO4/c1-13-3-5-15-7-9-17-11-10-16-8-6-14-4-2-12/h13H,2-11H2,1H3. The maximum atomic E-state index is 5.32. The van der Waals surface area contributed by atoms with Gasteiger partial charge in [0.15, 0.2) is 0 Å². The van der Waals surface area contributed by atoms with E-state index in [0.717, 1.165) is 25.1 Å². The number of halogens is 1. The third-order valence-electron chi connectivity index (χ3n) is 1.83. The molecule has 104 valence electrons. The summed E-state index contributed by atoms with van der Waals surface area (Å²) in [5.74, 6) is 0. The molecule has 6 heteroatoms. The van der Waals surface area contributed by atoms with Crippen LogP contribution in [0.5, 0.6) is 0 Å². The first-order chi connectivity index (χ1) is 8.41. The van der Waals surface area contributed by atoms with Crippen molar-refractivity contribution in [2.75, 3.05) is 71.8 Å². The molecule has 0 aliphatic heterocycles. The fourth-order valence-corrected chi connectivity index (χ4v) is 1.22. The van der Waals surface area contributed by atoms with E-state index in [1.54, 1.807) is 0 Å². The van der Waals surface area contributed by atoms with Gasteiger partial charge in [0.2, 0.25) is 0 Å². The molecule has 0 amide bonds. The lowest BCUT2D eigenvalue weighted by atomic mass is 10.6. The Morgan fingerprint density at radius 2 is 1.12 bits per heavy atom. The minimum absolute atomic E-state index is 0.605. The second kappa shape index (κ2) is 16.3. The van der Waals surface area contributed by atoms with Crippen LogP contribution in [0.2, 0.25) is 0 Å². The normalized spacial score (nSPS) is 10.9. The van der Waals surface area contributed by atoms with Crippen molar-refractivity contribution < 1.29 is 18.9 Å². The Hall–Kier alpha value is 0.280. The number of hydrogen-bond donors (Lipinski definition) is 1. The molecule has 0 rings (SSSR count). The molecule has 0 heterocycles. The fraction of sp³-hybridized carbons (Fsp3) is 1.00. The molecule has 0 aliphatic rings. The summed E-state index contributed by atoms with van der Waals surface area (Å²) < 4.78 is 21.2. The summed E-state index contributed by atoms with van der Waals surface area (Å²) in [6, 6.07) is 0.